The summed E-state index contributed by atoms with van der Waals surface area (Å²) in [6.45, 7) is 2.53. The lowest BCUT2D eigenvalue weighted by molar-refractivity contribution is 0.296. The van der Waals surface area contributed by atoms with Gasteiger partial charge in [0.25, 0.3) is 0 Å². The van der Waals surface area contributed by atoms with Crippen LogP contribution >= 0.6 is 0 Å². The zero-order valence-electron chi connectivity index (χ0n) is 17.1. The first-order chi connectivity index (χ1) is 15.4. The molecule has 1 N–H and O–H groups in total. The Morgan fingerprint density at radius 1 is 0.938 bits per heavy atom. The van der Waals surface area contributed by atoms with Crippen LogP contribution in [0.25, 0.3) is 11.3 Å². The van der Waals surface area contributed by atoms with Crippen LogP contribution in [0.5, 0.6) is 0 Å². The predicted octanol–water partition coefficient (Wildman–Crippen LogP) is 4.42. The number of pyridine rings is 1. The second-order valence-electron chi connectivity index (χ2n) is 8.53. The van der Waals surface area contributed by atoms with Gasteiger partial charge in [0.2, 0.25) is 5.95 Å². The summed E-state index contributed by atoms with van der Waals surface area (Å²) in [6.07, 6.45) is 1.95. The third-order valence-corrected chi connectivity index (χ3v) is 6.27. The van der Waals surface area contributed by atoms with E-state index < -0.39 is 23.4 Å². The molecule has 5 nitrogen and oxygen atoms in total. The van der Waals surface area contributed by atoms with Gasteiger partial charge in [-0.2, -0.15) is 4.39 Å². The second kappa shape index (κ2) is 8.46. The molecule has 0 spiro atoms. The molecular formula is C23H21F4N5. The minimum absolute atomic E-state index is 0.0661. The Hall–Kier alpha value is -3.07. The maximum absolute atomic E-state index is 14.0. The summed E-state index contributed by atoms with van der Waals surface area (Å²) in [5, 5.41) is 11.4. The van der Waals surface area contributed by atoms with Gasteiger partial charge in [0.05, 0.1) is 11.4 Å². The van der Waals surface area contributed by atoms with Gasteiger partial charge in [-0.3, -0.25) is 4.90 Å². The number of rotatable bonds is 5. The van der Waals surface area contributed by atoms with E-state index >= 15 is 0 Å². The molecule has 32 heavy (non-hydrogen) atoms. The van der Waals surface area contributed by atoms with Crippen molar-refractivity contribution in [1.82, 2.24) is 20.1 Å². The lowest BCUT2D eigenvalue weighted by Crippen LogP contribution is -2.25. The molecule has 0 radical (unpaired) electrons. The van der Waals surface area contributed by atoms with Crippen LogP contribution in [-0.2, 0) is 6.54 Å². The van der Waals surface area contributed by atoms with Crippen LogP contribution in [0.4, 0.5) is 23.4 Å². The second-order valence-corrected chi connectivity index (χ2v) is 8.53. The summed E-state index contributed by atoms with van der Waals surface area (Å²) in [5.41, 5.74) is 0.547. The van der Waals surface area contributed by atoms with Crippen molar-refractivity contribution in [1.29, 1.82) is 0 Å². The first kappa shape index (κ1) is 20.8. The minimum Gasteiger partial charge on any atom is -0.366 e. The lowest BCUT2D eigenvalue weighted by atomic mass is 10.0. The number of nitrogens with one attached hydrogen (secondary N) is 1. The Morgan fingerprint density at radius 2 is 1.72 bits per heavy atom. The summed E-state index contributed by atoms with van der Waals surface area (Å²) in [4.78, 5) is 6.26. The number of anilines is 1. The molecule has 3 aromatic rings. The van der Waals surface area contributed by atoms with E-state index in [-0.39, 0.29) is 17.3 Å². The van der Waals surface area contributed by atoms with Crippen molar-refractivity contribution in [2.75, 3.05) is 18.4 Å². The fourth-order valence-electron chi connectivity index (χ4n) is 4.92. The van der Waals surface area contributed by atoms with Crippen molar-refractivity contribution >= 4 is 5.82 Å². The largest absolute Gasteiger partial charge is 0.366 e. The molecule has 0 bridgehead atoms. The average molecular weight is 443 g/mol. The zero-order chi connectivity index (χ0) is 22.2. The SMILES string of the molecule is Fc1cc(F)c(F)c(-c2ccc(N[C@H]3C[C@@H]4CN(Cc5cccc(F)n5)C[C@@H]4C3)nn2)c1. The van der Waals surface area contributed by atoms with E-state index in [2.05, 4.69) is 25.4 Å². The van der Waals surface area contributed by atoms with Crippen LogP contribution in [0.1, 0.15) is 18.5 Å². The fourth-order valence-corrected chi connectivity index (χ4v) is 4.92. The van der Waals surface area contributed by atoms with Crippen LogP contribution in [0.15, 0.2) is 42.5 Å². The van der Waals surface area contributed by atoms with E-state index in [0.717, 1.165) is 37.7 Å². The molecule has 2 aliphatic rings. The van der Waals surface area contributed by atoms with Crippen LogP contribution in [0.3, 0.4) is 0 Å². The number of halogens is 4. The standard InChI is InChI=1S/C23H21F4N5/c24-15-8-18(23(27)19(25)9-15)20-4-5-22(31-30-20)29-17-6-13-10-32(11-14(13)7-17)12-16-2-1-3-21(26)28-16/h1-5,8-9,13-14,17H,6-7,10-12H2,(H,29,31)/t13-,14+,17+. The molecule has 1 saturated carbocycles. The van der Waals surface area contributed by atoms with E-state index in [1.54, 1.807) is 12.1 Å². The highest BCUT2D eigenvalue weighted by Crippen LogP contribution is 2.39. The van der Waals surface area contributed by atoms with Crippen molar-refractivity contribution < 1.29 is 17.6 Å². The van der Waals surface area contributed by atoms with Crippen molar-refractivity contribution in [3.05, 3.63) is 71.6 Å². The molecule has 2 aromatic heterocycles. The summed E-state index contributed by atoms with van der Waals surface area (Å²) in [7, 11) is 0. The Labute approximate surface area is 182 Å². The van der Waals surface area contributed by atoms with Crippen LogP contribution in [0.2, 0.25) is 0 Å². The number of aromatic nitrogens is 3. The summed E-state index contributed by atoms with van der Waals surface area (Å²) >= 11 is 0. The van der Waals surface area contributed by atoms with Gasteiger partial charge in [-0.1, -0.05) is 6.07 Å². The molecule has 5 rings (SSSR count). The lowest BCUT2D eigenvalue weighted by Gasteiger charge is -2.19. The Balaban J connectivity index is 1.18. The van der Waals surface area contributed by atoms with Crippen molar-refractivity contribution in [2.45, 2.75) is 25.4 Å². The third kappa shape index (κ3) is 4.29. The van der Waals surface area contributed by atoms with Gasteiger partial charge >= 0.3 is 0 Å². The van der Waals surface area contributed by atoms with Gasteiger partial charge in [-0.25, -0.2) is 18.2 Å². The molecule has 1 aromatic carbocycles. The molecule has 0 amide bonds. The molecule has 3 atom stereocenters. The molecule has 3 heterocycles. The highest BCUT2D eigenvalue weighted by Gasteiger charge is 2.40. The number of nitrogens with zero attached hydrogens (tertiary/aromatic N) is 4. The maximum Gasteiger partial charge on any atom is 0.213 e. The van der Waals surface area contributed by atoms with Crippen molar-refractivity contribution in [3.63, 3.8) is 0 Å². The van der Waals surface area contributed by atoms with Gasteiger partial charge < -0.3 is 5.32 Å². The number of likely N-dealkylation sites (tertiary alicyclic amines) is 1. The summed E-state index contributed by atoms with van der Waals surface area (Å²) in [5.74, 6) is -2.12. The van der Waals surface area contributed by atoms with E-state index in [1.807, 2.05) is 6.07 Å². The maximum atomic E-state index is 14.0. The Bertz CT molecular complexity index is 1110. The normalized spacial score (nSPS) is 22.8. The molecule has 166 valence electrons. The van der Waals surface area contributed by atoms with E-state index in [4.69, 9.17) is 0 Å². The number of hydrogen-bond donors (Lipinski definition) is 1. The smallest absolute Gasteiger partial charge is 0.213 e. The van der Waals surface area contributed by atoms with Crippen LogP contribution in [-0.4, -0.2) is 39.2 Å². The monoisotopic (exact) mass is 443 g/mol. The Kier molecular flexibility index (Phi) is 5.50. The molecular weight excluding hydrogens is 422 g/mol. The van der Waals surface area contributed by atoms with Crippen LogP contribution in [0, 0.1) is 35.2 Å². The zero-order valence-corrected chi connectivity index (χ0v) is 17.1. The fraction of sp³-hybridized carbons (Fsp3) is 0.348. The summed E-state index contributed by atoms with van der Waals surface area (Å²) in [6, 6.07) is 9.64. The molecule has 0 unspecified atom stereocenters. The minimum atomic E-state index is -1.26. The van der Waals surface area contributed by atoms with E-state index in [0.29, 0.717) is 30.3 Å². The first-order valence-corrected chi connectivity index (χ1v) is 10.5. The topological polar surface area (TPSA) is 53.9 Å². The number of benzene rings is 1. The van der Waals surface area contributed by atoms with Gasteiger partial charge in [0.1, 0.15) is 11.6 Å². The molecule has 1 aliphatic heterocycles. The van der Waals surface area contributed by atoms with Crippen LogP contribution < -0.4 is 5.32 Å². The van der Waals surface area contributed by atoms with Crippen molar-refractivity contribution in [2.24, 2.45) is 11.8 Å². The molecule has 9 heteroatoms. The highest BCUT2D eigenvalue weighted by atomic mass is 19.2. The third-order valence-electron chi connectivity index (χ3n) is 6.27. The quantitative estimate of drug-likeness (QED) is 0.360. The van der Waals surface area contributed by atoms with Gasteiger partial charge in [-0.05, 0) is 55.0 Å². The van der Waals surface area contributed by atoms with Crippen molar-refractivity contribution in [3.8, 4) is 11.3 Å². The van der Waals surface area contributed by atoms with Gasteiger partial charge in [0.15, 0.2) is 11.6 Å². The number of fused-ring (bicyclic) bond motifs is 1. The van der Waals surface area contributed by atoms with Gasteiger partial charge in [-0.15, -0.1) is 10.2 Å². The summed E-state index contributed by atoms with van der Waals surface area (Å²) < 4.78 is 54.2. The first-order valence-electron chi connectivity index (χ1n) is 10.5. The van der Waals surface area contributed by atoms with Gasteiger partial charge in [0, 0.05) is 37.3 Å². The Morgan fingerprint density at radius 3 is 2.41 bits per heavy atom. The highest BCUT2D eigenvalue weighted by molar-refractivity contribution is 5.60. The molecule has 2 fully saturated rings. The molecule has 1 aliphatic carbocycles. The average Bonchev–Trinajstić information content (AvgIpc) is 3.29. The predicted molar refractivity (Wildman–Crippen MR) is 110 cm³/mol. The number of hydrogen-bond acceptors (Lipinski definition) is 5. The van der Waals surface area contributed by atoms with E-state index in [9.17, 15) is 17.6 Å². The van der Waals surface area contributed by atoms with E-state index in [1.165, 1.54) is 12.1 Å². The molecule has 1 saturated heterocycles.